The molecule has 5 heteroatoms. The number of benzene rings is 2. The van der Waals surface area contributed by atoms with Crippen LogP contribution in [0.25, 0.3) is 10.9 Å². The van der Waals surface area contributed by atoms with Crippen molar-refractivity contribution in [2.75, 3.05) is 11.4 Å². The molecule has 0 fully saturated rings. The molecular formula is C20H19N3O2. The van der Waals surface area contributed by atoms with Gasteiger partial charge in [-0.25, -0.2) is 0 Å². The second-order valence-corrected chi connectivity index (χ2v) is 6.42. The highest BCUT2D eigenvalue weighted by atomic mass is 16.2. The van der Waals surface area contributed by atoms with Gasteiger partial charge in [-0.15, -0.1) is 0 Å². The summed E-state index contributed by atoms with van der Waals surface area (Å²) in [5.74, 6) is -0.00319. The molecule has 0 saturated carbocycles. The number of hydrogen-bond acceptors (Lipinski definition) is 3. The molecule has 0 atom stereocenters. The number of carbonyl (C=O) groups excluding carboxylic acids is 1. The van der Waals surface area contributed by atoms with Crippen LogP contribution in [0.3, 0.4) is 0 Å². The molecule has 1 amide bonds. The van der Waals surface area contributed by atoms with Crippen molar-refractivity contribution in [3.05, 3.63) is 70.0 Å². The summed E-state index contributed by atoms with van der Waals surface area (Å²) < 4.78 is 1.62. The zero-order chi connectivity index (χ0) is 17.4. The molecule has 126 valence electrons. The first kappa shape index (κ1) is 15.6. The topological polar surface area (TPSA) is 55.2 Å². The average Bonchev–Trinajstić information content (AvgIpc) is 2.64. The first-order valence-electron chi connectivity index (χ1n) is 8.49. The Bertz CT molecular complexity index is 1020. The third-order valence-corrected chi connectivity index (χ3v) is 4.77. The molecule has 5 nitrogen and oxygen atoms in total. The molecule has 1 aliphatic rings. The number of nitrogens with zero attached hydrogens (tertiary/aromatic N) is 3. The third kappa shape index (κ3) is 2.71. The highest BCUT2D eigenvalue weighted by molar-refractivity contribution is 5.96. The van der Waals surface area contributed by atoms with Crippen LogP contribution in [0.15, 0.2) is 53.5 Å². The Labute approximate surface area is 145 Å². The number of carbonyl (C=O) groups is 1. The Hall–Kier alpha value is -2.95. The van der Waals surface area contributed by atoms with Gasteiger partial charge in [-0.2, -0.15) is 5.10 Å². The summed E-state index contributed by atoms with van der Waals surface area (Å²) in [6.07, 6.45) is 3.24. The SMILES string of the molecule is Cc1cccc2c1N(C(=O)Cn1ncc(=O)c3ccccc31)CCC2. The van der Waals surface area contributed by atoms with Gasteiger partial charge in [-0.3, -0.25) is 14.3 Å². The van der Waals surface area contributed by atoms with Crippen molar-refractivity contribution in [1.29, 1.82) is 0 Å². The second kappa shape index (κ2) is 6.16. The summed E-state index contributed by atoms with van der Waals surface area (Å²) in [5.41, 5.74) is 3.92. The highest BCUT2D eigenvalue weighted by Gasteiger charge is 2.24. The van der Waals surface area contributed by atoms with Crippen LogP contribution in [0, 0.1) is 6.92 Å². The minimum Gasteiger partial charge on any atom is -0.310 e. The van der Waals surface area contributed by atoms with Crippen molar-refractivity contribution in [3.8, 4) is 0 Å². The van der Waals surface area contributed by atoms with E-state index in [0.717, 1.165) is 30.6 Å². The standard InChI is InChI=1S/C20H19N3O2/c1-14-6-4-7-15-8-5-11-22(20(14)15)19(25)13-23-17-10-3-2-9-16(17)18(24)12-21-23/h2-4,6-7,9-10,12H,5,8,11,13H2,1H3. The fourth-order valence-corrected chi connectivity index (χ4v) is 3.60. The van der Waals surface area contributed by atoms with Crippen molar-refractivity contribution >= 4 is 22.5 Å². The molecule has 0 aliphatic carbocycles. The fraction of sp³-hybridized carbons (Fsp3) is 0.250. The van der Waals surface area contributed by atoms with Crippen molar-refractivity contribution in [1.82, 2.24) is 9.78 Å². The molecular weight excluding hydrogens is 314 g/mol. The average molecular weight is 333 g/mol. The smallest absolute Gasteiger partial charge is 0.248 e. The van der Waals surface area contributed by atoms with Gasteiger partial charge < -0.3 is 4.90 Å². The van der Waals surface area contributed by atoms with Crippen molar-refractivity contribution < 1.29 is 4.79 Å². The van der Waals surface area contributed by atoms with E-state index in [9.17, 15) is 9.59 Å². The van der Waals surface area contributed by atoms with Gasteiger partial charge >= 0.3 is 0 Å². The van der Waals surface area contributed by atoms with Gasteiger partial charge in [0.25, 0.3) is 0 Å². The van der Waals surface area contributed by atoms with E-state index in [-0.39, 0.29) is 17.9 Å². The van der Waals surface area contributed by atoms with Crippen LogP contribution >= 0.6 is 0 Å². The maximum atomic E-state index is 13.0. The van der Waals surface area contributed by atoms with Crippen molar-refractivity contribution in [2.45, 2.75) is 26.3 Å². The molecule has 2 aromatic carbocycles. The van der Waals surface area contributed by atoms with Gasteiger partial charge in [0.15, 0.2) is 0 Å². The van der Waals surface area contributed by atoms with E-state index < -0.39 is 0 Å². The summed E-state index contributed by atoms with van der Waals surface area (Å²) in [5, 5.41) is 4.76. The molecule has 2 heterocycles. The van der Waals surface area contributed by atoms with E-state index in [0.29, 0.717) is 10.9 Å². The number of amides is 1. The van der Waals surface area contributed by atoms with Gasteiger partial charge in [0.1, 0.15) is 6.54 Å². The van der Waals surface area contributed by atoms with Crippen molar-refractivity contribution in [3.63, 3.8) is 0 Å². The van der Waals surface area contributed by atoms with Crippen LogP contribution < -0.4 is 10.3 Å². The largest absolute Gasteiger partial charge is 0.310 e. The summed E-state index contributed by atoms with van der Waals surface area (Å²) in [6, 6.07) is 13.4. The van der Waals surface area contributed by atoms with Crippen LogP contribution in [0.2, 0.25) is 0 Å². The predicted octanol–water partition coefficient (Wildman–Crippen LogP) is 2.68. The fourth-order valence-electron chi connectivity index (χ4n) is 3.60. The molecule has 4 rings (SSSR count). The van der Waals surface area contributed by atoms with Gasteiger partial charge in [0, 0.05) is 17.6 Å². The molecule has 0 saturated heterocycles. The van der Waals surface area contributed by atoms with Crippen LogP contribution in [-0.2, 0) is 17.8 Å². The summed E-state index contributed by atoms with van der Waals surface area (Å²) in [7, 11) is 0. The molecule has 0 radical (unpaired) electrons. The molecule has 0 spiro atoms. The Morgan fingerprint density at radius 3 is 2.88 bits per heavy atom. The van der Waals surface area contributed by atoms with Crippen LogP contribution in [0.5, 0.6) is 0 Å². The quantitative estimate of drug-likeness (QED) is 0.724. The Kier molecular flexibility index (Phi) is 3.84. The van der Waals surface area contributed by atoms with Crippen molar-refractivity contribution in [2.24, 2.45) is 0 Å². The molecule has 3 aromatic rings. The maximum absolute atomic E-state index is 13.0. The van der Waals surface area contributed by atoms with E-state index in [2.05, 4.69) is 11.2 Å². The molecule has 25 heavy (non-hydrogen) atoms. The number of rotatable bonds is 2. The Balaban J connectivity index is 1.71. The monoisotopic (exact) mass is 333 g/mol. The van der Waals surface area contributed by atoms with E-state index in [1.807, 2.05) is 42.2 Å². The molecule has 1 aromatic heterocycles. The van der Waals surface area contributed by atoms with E-state index >= 15 is 0 Å². The lowest BCUT2D eigenvalue weighted by Crippen LogP contribution is -2.38. The molecule has 0 unspecified atom stereocenters. The zero-order valence-corrected chi connectivity index (χ0v) is 14.1. The highest BCUT2D eigenvalue weighted by Crippen LogP contribution is 2.30. The zero-order valence-electron chi connectivity index (χ0n) is 14.1. The van der Waals surface area contributed by atoms with Gasteiger partial charge in [0.2, 0.25) is 11.3 Å². The van der Waals surface area contributed by atoms with Crippen LogP contribution in [-0.4, -0.2) is 22.2 Å². The van der Waals surface area contributed by atoms with Gasteiger partial charge in [-0.05, 0) is 43.0 Å². The van der Waals surface area contributed by atoms with E-state index in [4.69, 9.17) is 0 Å². The summed E-state index contributed by atoms with van der Waals surface area (Å²) >= 11 is 0. The second-order valence-electron chi connectivity index (χ2n) is 6.42. The number of anilines is 1. The lowest BCUT2D eigenvalue weighted by molar-refractivity contribution is -0.119. The number of aromatic nitrogens is 2. The molecule has 0 bridgehead atoms. The first-order chi connectivity index (χ1) is 12.1. The maximum Gasteiger partial charge on any atom is 0.248 e. The van der Waals surface area contributed by atoms with Crippen LogP contribution in [0.4, 0.5) is 5.69 Å². The lowest BCUT2D eigenvalue weighted by Gasteiger charge is -2.31. The number of hydrogen-bond donors (Lipinski definition) is 0. The predicted molar refractivity (Wildman–Crippen MR) is 97.9 cm³/mol. The Morgan fingerprint density at radius 1 is 1.16 bits per heavy atom. The van der Waals surface area contributed by atoms with Crippen LogP contribution in [0.1, 0.15) is 17.5 Å². The normalized spacial score (nSPS) is 13.7. The minimum atomic E-state index is -0.126. The minimum absolute atomic E-state index is 0.00319. The van der Waals surface area contributed by atoms with Gasteiger partial charge in [-0.1, -0.05) is 30.3 Å². The number of aryl methyl sites for hydroxylation is 2. The van der Waals surface area contributed by atoms with Gasteiger partial charge in [0.05, 0.1) is 11.7 Å². The summed E-state index contributed by atoms with van der Waals surface area (Å²) in [6.45, 7) is 2.88. The summed E-state index contributed by atoms with van der Waals surface area (Å²) in [4.78, 5) is 26.8. The molecule has 1 aliphatic heterocycles. The Morgan fingerprint density at radius 2 is 2.00 bits per heavy atom. The first-order valence-corrected chi connectivity index (χ1v) is 8.49. The third-order valence-electron chi connectivity index (χ3n) is 4.77. The number of fused-ring (bicyclic) bond motifs is 2. The lowest BCUT2D eigenvalue weighted by atomic mass is 9.98. The molecule has 0 N–H and O–H groups in total. The number of para-hydroxylation sites is 2. The van der Waals surface area contributed by atoms with E-state index in [1.165, 1.54) is 11.8 Å². The van der Waals surface area contributed by atoms with E-state index in [1.54, 1.807) is 10.7 Å².